The fourth-order valence-corrected chi connectivity index (χ4v) is 0.970. The van der Waals surface area contributed by atoms with Crippen molar-refractivity contribution in [1.82, 2.24) is 0 Å². The Balaban J connectivity index is 2.96. The molecule has 4 N–H and O–H groups in total. The molecule has 0 fully saturated rings. The molecular weight excluding hydrogens is 154 g/mol. The highest BCUT2D eigenvalue weighted by molar-refractivity contribution is 5.36. The molecule has 0 aliphatic heterocycles. The van der Waals surface area contributed by atoms with Crippen molar-refractivity contribution in [3.63, 3.8) is 0 Å². The van der Waals surface area contributed by atoms with Crippen LogP contribution in [-0.2, 0) is 0 Å². The Bertz CT molecular complexity index is 273. The van der Waals surface area contributed by atoms with Crippen LogP contribution in [0.15, 0.2) is 18.2 Å². The average Bonchev–Trinajstić information content (AvgIpc) is 2.08. The van der Waals surface area contributed by atoms with E-state index in [9.17, 15) is 10.2 Å². The first kappa shape index (κ1) is 9.03. The normalized spacial score (nSPS) is 12.9. The van der Waals surface area contributed by atoms with Gasteiger partial charge in [0.05, 0.1) is 6.10 Å². The quantitative estimate of drug-likeness (QED) is 0.607. The Labute approximate surface area is 71.5 Å². The number of aryl methyl sites for hydroxylation is 1. The van der Waals surface area contributed by atoms with Crippen molar-refractivity contribution in [3.05, 3.63) is 29.3 Å². The molecule has 1 aromatic rings. The maximum absolute atomic E-state index is 9.31. The molecule has 0 saturated heterocycles. The van der Waals surface area contributed by atoms with Crippen molar-refractivity contribution in [2.45, 2.75) is 13.0 Å². The summed E-state index contributed by atoms with van der Waals surface area (Å²) >= 11 is 0. The van der Waals surface area contributed by atoms with Gasteiger partial charge in [-0.3, -0.25) is 0 Å². The van der Waals surface area contributed by atoms with Gasteiger partial charge in [0.25, 0.3) is 0 Å². The van der Waals surface area contributed by atoms with E-state index in [0.717, 1.165) is 5.56 Å². The van der Waals surface area contributed by atoms with Crippen LogP contribution in [0.1, 0.15) is 17.2 Å². The van der Waals surface area contributed by atoms with Gasteiger partial charge in [-0.1, -0.05) is 12.1 Å². The molecule has 0 bridgehead atoms. The van der Waals surface area contributed by atoms with Crippen molar-refractivity contribution < 1.29 is 10.2 Å². The SMILES string of the molecule is Cc1ccc([C@H](O)CN)cc1O. The van der Waals surface area contributed by atoms with Gasteiger partial charge in [-0.05, 0) is 24.1 Å². The number of benzene rings is 1. The number of aromatic hydroxyl groups is 1. The molecule has 1 aromatic carbocycles. The molecule has 1 rings (SSSR count). The van der Waals surface area contributed by atoms with E-state index < -0.39 is 6.10 Å². The zero-order chi connectivity index (χ0) is 9.14. The zero-order valence-corrected chi connectivity index (χ0v) is 6.99. The number of aliphatic hydroxyl groups excluding tert-OH is 1. The third-order valence-electron chi connectivity index (χ3n) is 1.84. The molecule has 1 atom stereocenters. The van der Waals surface area contributed by atoms with E-state index in [1.165, 1.54) is 6.07 Å². The minimum atomic E-state index is -0.684. The van der Waals surface area contributed by atoms with Crippen LogP contribution in [0.5, 0.6) is 5.75 Å². The highest BCUT2D eigenvalue weighted by Gasteiger charge is 2.06. The Morgan fingerprint density at radius 1 is 1.50 bits per heavy atom. The Kier molecular flexibility index (Phi) is 2.68. The minimum Gasteiger partial charge on any atom is -0.508 e. The van der Waals surface area contributed by atoms with Gasteiger partial charge in [-0.15, -0.1) is 0 Å². The first-order chi connectivity index (χ1) is 5.65. The van der Waals surface area contributed by atoms with Crippen molar-refractivity contribution >= 4 is 0 Å². The second-order valence-corrected chi connectivity index (χ2v) is 2.80. The molecule has 66 valence electrons. The fourth-order valence-electron chi connectivity index (χ4n) is 0.970. The summed E-state index contributed by atoms with van der Waals surface area (Å²) in [6, 6.07) is 5.04. The van der Waals surface area contributed by atoms with Gasteiger partial charge >= 0.3 is 0 Å². The van der Waals surface area contributed by atoms with E-state index in [-0.39, 0.29) is 12.3 Å². The van der Waals surface area contributed by atoms with Crippen molar-refractivity contribution in [2.75, 3.05) is 6.54 Å². The summed E-state index contributed by atoms with van der Waals surface area (Å²) in [6.07, 6.45) is -0.684. The topological polar surface area (TPSA) is 66.5 Å². The second-order valence-electron chi connectivity index (χ2n) is 2.80. The van der Waals surface area contributed by atoms with Gasteiger partial charge in [0.2, 0.25) is 0 Å². The van der Waals surface area contributed by atoms with E-state index in [0.29, 0.717) is 5.56 Å². The molecule has 0 amide bonds. The lowest BCUT2D eigenvalue weighted by atomic mass is 10.1. The number of phenolic OH excluding ortho intramolecular Hbond substituents is 1. The van der Waals surface area contributed by atoms with Gasteiger partial charge in [0, 0.05) is 6.54 Å². The lowest BCUT2D eigenvalue weighted by molar-refractivity contribution is 0.186. The molecule has 0 aliphatic carbocycles. The van der Waals surface area contributed by atoms with Gasteiger partial charge in [-0.25, -0.2) is 0 Å². The summed E-state index contributed by atoms with van der Waals surface area (Å²) in [7, 11) is 0. The van der Waals surface area contributed by atoms with Crippen LogP contribution in [0, 0.1) is 6.92 Å². The maximum Gasteiger partial charge on any atom is 0.118 e. The third kappa shape index (κ3) is 1.75. The van der Waals surface area contributed by atoms with Crippen molar-refractivity contribution in [2.24, 2.45) is 5.73 Å². The standard InChI is InChI=1S/C9H13NO2/c1-6-2-3-7(4-8(6)11)9(12)5-10/h2-4,9,11-12H,5,10H2,1H3/t9-/m1/s1. The summed E-state index contributed by atoms with van der Waals surface area (Å²) in [4.78, 5) is 0. The van der Waals surface area contributed by atoms with Crippen LogP contribution in [-0.4, -0.2) is 16.8 Å². The summed E-state index contributed by atoms with van der Waals surface area (Å²) in [5.41, 5.74) is 6.71. The monoisotopic (exact) mass is 167 g/mol. The zero-order valence-electron chi connectivity index (χ0n) is 6.99. The highest BCUT2D eigenvalue weighted by Crippen LogP contribution is 2.21. The van der Waals surface area contributed by atoms with E-state index in [1.54, 1.807) is 19.1 Å². The van der Waals surface area contributed by atoms with Crippen LogP contribution in [0.4, 0.5) is 0 Å². The molecule has 0 heterocycles. The van der Waals surface area contributed by atoms with Crippen LogP contribution in [0.2, 0.25) is 0 Å². The molecule has 0 spiro atoms. The number of rotatable bonds is 2. The number of phenols is 1. The lowest BCUT2D eigenvalue weighted by Crippen LogP contribution is -2.11. The molecule has 3 nitrogen and oxygen atoms in total. The maximum atomic E-state index is 9.31. The molecule has 12 heavy (non-hydrogen) atoms. The molecule has 3 heteroatoms. The molecule has 0 aromatic heterocycles. The molecule has 0 saturated carbocycles. The Hall–Kier alpha value is -1.06. The molecule has 0 aliphatic rings. The van der Waals surface area contributed by atoms with Gasteiger partial charge < -0.3 is 15.9 Å². The first-order valence-corrected chi connectivity index (χ1v) is 3.83. The second kappa shape index (κ2) is 3.56. The summed E-state index contributed by atoms with van der Waals surface area (Å²) in [5.74, 6) is 0.194. The summed E-state index contributed by atoms with van der Waals surface area (Å²) < 4.78 is 0. The van der Waals surface area contributed by atoms with Crippen molar-refractivity contribution in [1.29, 1.82) is 0 Å². The Morgan fingerprint density at radius 2 is 2.17 bits per heavy atom. The highest BCUT2D eigenvalue weighted by atomic mass is 16.3. The molecule has 0 radical (unpaired) electrons. The average molecular weight is 167 g/mol. The summed E-state index contributed by atoms with van der Waals surface area (Å²) in [6.45, 7) is 1.97. The number of hydrogen-bond donors (Lipinski definition) is 3. The van der Waals surface area contributed by atoms with Crippen LogP contribution in [0.25, 0.3) is 0 Å². The fraction of sp³-hybridized carbons (Fsp3) is 0.333. The third-order valence-corrected chi connectivity index (χ3v) is 1.84. The number of aliphatic hydroxyl groups is 1. The van der Waals surface area contributed by atoms with Crippen LogP contribution in [0.3, 0.4) is 0 Å². The Morgan fingerprint density at radius 3 is 2.67 bits per heavy atom. The van der Waals surface area contributed by atoms with E-state index in [1.807, 2.05) is 0 Å². The van der Waals surface area contributed by atoms with Crippen LogP contribution < -0.4 is 5.73 Å². The molecular formula is C9H13NO2. The predicted molar refractivity (Wildman–Crippen MR) is 46.9 cm³/mol. The van der Waals surface area contributed by atoms with Crippen LogP contribution >= 0.6 is 0 Å². The lowest BCUT2D eigenvalue weighted by Gasteiger charge is -2.08. The molecule has 0 unspecified atom stereocenters. The number of nitrogens with two attached hydrogens (primary N) is 1. The number of hydrogen-bond acceptors (Lipinski definition) is 3. The van der Waals surface area contributed by atoms with Crippen molar-refractivity contribution in [3.8, 4) is 5.75 Å². The van der Waals surface area contributed by atoms with Gasteiger partial charge in [0.1, 0.15) is 5.75 Å². The first-order valence-electron chi connectivity index (χ1n) is 3.83. The predicted octanol–water partition coefficient (Wildman–Crippen LogP) is 0.693. The largest absolute Gasteiger partial charge is 0.508 e. The smallest absolute Gasteiger partial charge is 0.118 e. The minimum absolute atomic E-state index is 0.169. The van der Waals surface area contributed by atoms with E-state index >= 15 is 0 Å². The summed E-state index contributed by atoms with van der Waals surface area (Å²) in [5, 5.41) is 18.6. The van der Waals surface area contributed by atoms with E-state index in [2.05, 4.69) is 0 Å². The van der Waals surface area contributed by atoms with E-state index in [4.69, 9.17) is 5.73 Å². The van der Waals surface area contributed by atoms with Gasteiger partial charge in [0.15, 0.2) is 0 Å². The van der Waals surface area contributed by atoms with Gasteiger partial charge in [-0.2, -0.15) is 0 Å².